The average Bonchev–Trinajstić information content (AvgIpc) is 2.44. The molecule has 1 unspecified atom stereocenters. The highest BCUT2D eigenvalue weighted by atomic mass is 16.6. The number of hydrogen-bond acceptors (Lipinski definition) is 3. The summed E-state index contributed by atoms with van der Waals surface area (Å²) in [5, 5.41) is 3.60. The molecular weight excluding hydrogens is 288 g/mol. The van der Waals surface area contributed by atoms with E-state index in [1.807, 2.05) is 25.7 Å². The number of carbonyl (C=O) groups excluding carboxylic acids is 1. The van der Waals surface area contributed by atoms with E-state index in [1.54, 1.807) is 0 Å². The molecule has 23 heavy (non-hydrogen) atoms. The quantitative estimate of drug-likeness (QED) is 0.664. The summed E-state index contributed by atoms with van der Waals surface area (Å²) in [6, 6.07) is 0. The largest absolute Gasteiger partial charge is 0.444 e. The molecule has 1 heterocycles. The Kier molecular flexibility index (Phi) is 8.38. The van der Waals surface area contributed by atoms with E-state index in [4.69, 9.17) is 4.74 Å². The van der Waals surface area contributed by atoms with Crippen LogP contribution in [0.25, 0.3) is 0 Å². The summed E-state index contributed by atoms with van der Waals surface area (Å²) in [6.45, 7) is 14.0. The number of likely N-dealkylation sites (tertiary alicyclic amines) is 1. The van der Waals surface area contributed by atoms with Gasteiger partial charge in [0.15, 0.2) is 0 Å². The van der Waals surface area contributed by atoms with Gasteiger partial charge >= 0.3 is 6.09 Å². The Bertz CT molecular complexity index is 352. The fraction of sp³-hybridized carbons (Fsp3) is 0.947. The van der Waals surface area contributed by atoms with Crippen molar-refractivity contribution in [2.24, 2.45) is 5.41 Å². The third-order valence-electron chi connectivity index (χ3n) is 4.44. The van der Waals surface area contributed by atoms with Gasteiger partial charge in [0, 0.05) is 19.6 Å². The molecule has 4 nitrogen and oxygen atoms in total. The minimum atomic E-state index is -0.415. The van der Waals surface area contributed by atoms with Gasteiger partial charge in [0.25, 0.3) is 0 Å². The minimum absolute atomic E-state index is 0.164. The second-order valence-electron chi connectivity index (χ2n) is 8.41. The van der Waals surface area contributed by atoms with Crippen molar-refractivity contribution in [2.75, 3.05) is 26.2 Å². The SMILES string of the molecule is CCCCCCCNCC1(C)CCCN(C(=O)OC(C)(C)C)C1. The molecule has 0 aliphatic carbocycles. The first-order chi connectivity index (χ1) is 10.8. The van der Waals surface area contributed by atoms with Crippen LogP contribution in [0.15, 0.2) is 0 Å². The molecule has 1 fully saturated rings. The number of unbranched alkanes of at least 4 members (excludes halogenated alkanes) is 4. The van der Waals surface area contributed by atoms with Gasteiger partial charge in [-0.15, -0.1) is 0 Å². The van der Waals surface area contributed by atoms with Gasteiger partial charge in [-0.05, 0) is 52.0 Å². The third-order valence-corrected chi connectivity index (χ3v) is 4.44. The molecule has 136 valence electrons. The first-order valence-corrected chi connectivity index (χ1v) is 9.44. The van der Waals surface area contributed by atoms with Crippen molar-refractivity contribution in [3.05, 3.63) is 0 Å². The lowest BCUT2D eigenvalue weighted by Crippen LogP contribution is -2.50. The Morgan fingerprint density at radius 3 is 2.57 bits per heavy atom. The van der Waals surface area contributed by atoms with Crippen LogP contribution in [0.1, 0.15) is 79.6 Å². The van der Waals surface area contributed by atoms with Crippen molar-refractivity contribution in [1.29, 1.82) is 0 Å². The van der Waals surface area contributed by atoms with Gasteiger partial charge in [0.2, 0.25) is 0 Å². The predicted octanol–water partition coefficient (Wildman–Crippen LogP) is 4.58. The van der Waals surface area contributed by atoms with Crippen molar-refractivity contribution in [1.82, 2.24) is 10.2 Å². The smallest absolute Gasteiger partial charge is 0.410 e. The van der Waals surface area contributed by atoms with Crippen LogP contribution in [0.2, 0.25) is 0 Å². The molecule has 1 atom stereocenters. The van der Waals surface area contributed by atoms with E-state index in [9.17, 15) is 4.79 Å². The number of carbonyl (C=O) groups is 1. The molecule has 0 aromatic carbocycles. The number of piperidine rings is 1. The van der Waals surface area contributed by atoms with Crippen molar-refractivity contribution in [3.8, 4) is 0 Å². The summed E-state index contributed by atoms with van der Waals surface area (Å²) >= 11 is 0. The lowest BCUT2D eigenvalue weighted by Gasteiger charge is -2.41. The van der Waals surface area contributed by atoms with Crippen LogP contribution in [0.4, 0.5) is 4.79 Å². The van der Waals surface area contributed by atoms with Crippen LogP contribution >= 0.6 is 0 Å². The maximum Gasteiger partial charge on any atom is 0.410 e. The van der Waals surface area contributed by atoms with Gasteiger partial charge in [0.05, 0.1) is 0 Å². The number of hydrogen-bond donors (Lipinski definition) is 1. The molecule has 1 N–H and O–H groups in total. The van der Waals surface area contributed by atoms with Gasteiger partial charge < -0.3 is 15.0 Å². The first-order valence-electron chi connectivity index (χ1n) is 9.44. The van der Waals surface area contributed by atoms with Crippen LogP contribution in [-0.2, 0) is 4.74 Å². The standard InChI is InChI=1S/C19H38N2O2/c1-6-7-8-9-10-13-20-15-19(5)12-11-14-21(16-19)17(22)23-18(2,3)4/h20H,6-16H2,1-5H3. The van der Waals surface area contributed by atoms with Gasteiger partial charge in [-0.2, -0.15) is 0 Å². The fourth-order valence-electron chi connectivity index (χ4n) is 3.19. The highest BCUT2D eigenvalue weighted by Gasteiger charge is 2.34. The van der Waals surface area contributed by atoms with Crippen molar-refractivity contribution in [2.45, 2.75) is 85.2 Å². The molecule has 0 spiro atoms. The van der Waals surface area contributed by atoms with Gasteiger partial charge in [-0.1, -0.05) is 39.5 Å². The zero-order chi connectivity index (χ0) is 17.3. The van der Waals surface area contributed by atoms with Crippen LogP contribution in [0.3, 0.4) is 0 Å². The van der Waals surface area contributed by atoms with E-state index in [2.05, 4.69) is 19.2 Å². The Balaban J connectivity index is 2.30. The summed E-state index contributed by atoms with van der Waals surface area (Å²) in [5.74, 6) is 0. The third kappa shape index (κ3) is 8.59. The van der Waals surface area contributed by atoms with E-state index in [0.717, 1.165) is 32.6 Å². The number of amides is 1. The Morgan fingerprint density at radius 1 is 1.22 bits per heavy atom. The van der Waals surface area contributed by atoms with E-state index < -0.39 is 5.60 Å². The second kappa shape index (κ2) is 9.51. The van der Waals surface area contributed by atoms with Crippen molar-refractivity contribution in [3.63, 3.8) is 0 Å². The summed E-state index contributed by atoms with van der Waals surface area (Å²) < 4.78 is 5.52. The van der Waals surface area contributed by atoms with Gasteiger partial charge in [0.1, 0.15) is 5.60 Å². The molecule has 0 bridgehead atoms. The van der Waals surface area contributed by atoms with Crippen molar-refractivity contribution < 1.29 is 9.53 Å². The average molecular weight is 327 g/mol. The highest BCUT2D eigenvalue weighted by molar-refractivity contribution is 5.68. The van der Waals surface area contributed by atoms with E-state index >= 15 is 0 Å². The second-order valence-corrected chi connectivity index (χ2v) is 8.41. The summed E-state index contributed by atoms with van der Waals surface area (Å²) in [7, 11) is 0. The topological polar surface area (TPSA) is 41.6 Å². The minimum Gasteiger partial charge on any atom is -0.444 e. The molecular formula is C19H38N2O2. The molecule has 0 saturated carbocycles. The predicted molar refractivity (Wildman–Crippen MR) is 96.8 cm³/mol. The first kappa shape index (κ1) is 20.3. The van der Waals surface area contributed by atoms with Gasteiger partial charge in [-0.25, -0.2) is 4.79 Å². The number of nitrogens with zero attached hydrogens (tertiary/aromatic N) is 1. The maximum absolute atomic E-state index is 12.3. The van der Waals surface area contributed by atoms with Crippen LogP contribution in [0.5, 0.6) is 0 Å². The molecule has 4 heteroatoms. The Morgan fingerprint density at radius 2 is 1.91 bits per heavy atom. The fourth-order valence-corrected chi connectivity index (χ4v) is 3.19. The zero-order valence-corrected chi connectivity index (χ0v) is 16.0. The molecule has 0 aromatic rings. The van der Waals surface area contributed by atoms with Gasteiger partial charge in [-0.3, -0.25) is 0 Å². The molecule has 1 amide bonds. The molecule has 0 radical (unpaired) electrons. The van der Waals surface area contributed by atoms with E-state index in [0.29, 0.717) is 0 Å². The van der Waals surface area contributed by atoms with Crippen LogP contribution in [-0.4, -0.2) is 42.8 Å². The lowest BCUT2D eigenvalue weighted by molar-refractivity contribution is 0.00681. The molecule has 1 aliphatic heterocycles. The van der Waals surface area contributed by atoms with E-state index in [1.165, 1.54) is 38.5 Å². The molecule has 1 saturated heterocycles. The Hall–Kier alpha value is -0.770. The maximum atomic E-state index is 12.3. The monoisotopic (exact) mass is 326 g/mol. The molecule has 1 rings (SSSR count). The Labute approximate surface area is 143 Å². The number of nitrogens with one attached hydrogen (secondary N) is 1. The normalized spacial score (nSPS) is 22.2. The molecule has 0 aromatic heterocycles. The number of ether oxygens (including phenoxy) is 1. The lowest BCUT2D eigenvalue weighted by atomic mass is 9.82. The van der Waals surface area contributed by atoms with Crippen LogP contribution in [0, 0.1) is 5.41 Å². The van der Waals surface area contributed by atoms with E-state index in [-0.39, 0.29) is 11.5 Å². The number of rotatable bonds is 8. The summed E-state index contributed by atoms with van der Waals surface area (Å²) in [5.41, 5.74) is -0.250. The van der Waals surface area contributed by atoms with Crippen molar-refractivity contribution >= 4 is 6.09 Å². The van der Waals surface area contributed by atoms with Crippen LogP contribution < -0.4 is 5.32 Å². The zero-order valence-electron chi connectivity index (χ0n) is 16.0. The summed E-state index contributed by atoms with van der Waals surface area (Å²) in [6.07, 6.45) is 8.65. The molecule has 1 aliphatic rings. The highest BCUT2D eigenvalue weighted by Crippen LogP contribution is 2.29. The summed E-state index contributed by atoms with van der Waals surface area (Å²) in [4.78, 5) is 14.1.